The van der Waals surface area contributed by atoms with Crippen LogP contribution in [0.2, 0.25) is 0 Å². The second-order valence-corrected chi connectivity index (χ2v) is 9.30. The average Bonchev–Trinajstić information content (AvgIpc) is 3.25. The van der Waals surface area contributed by atoms with Gasteiger partial charge in [-0.05, 0) is 29.7 Å². The van der Waals surface area contributed by atoms with Gasteiger partial charge in [-0.15, -0.1) is 0 Å². The molecule has 0 radical (unpaired) electrons. The van der Waals surface area contributed by atoms with Crippen molar-refractivity contribution in [2.24, 2.45) is 5.92 Å². The molecule has 1 amide bonds. The summed E-state index contributed by atoms with van der Waals surface area (Å²) in [5.41, 5.74) is 1.29. The van der Waals surface area contributed by atoms with Gasteiger partial charge < -0.3 is 4.90 Å². The molecule has 33 heavy (non-hydrogen) atoms. The van der Waals surface area contributed by atoms with Crippen LogP contribution in [-0.2, 0) is 6.42 Å². The number of hydrogen-bond donors (Lipinski definition) is 2. The molecule has 0 aliphatic carbocycles. The van der Waals surface area contributed by atoms with Crippen LogP contribution in [0.1, 0.15) is 35.5 Å². The first-order valence-electron chi connectivity index (χ1n) is 11.4. The van der Waals surface area contributed by atoms with E-state index >= 15 is 0 Å². The molecule has 3 aromatic rings. The number of benzene rings is 2. The van der Waals surface area contributed by atoms with Gasteiger partial charge >= 0.3 is 0 Å². The number of carbonyl (C=O) groups excluding carboxylic acids is 1. The van der Waals surface area contributed by atoms with Gasteiger partial charge in [-0.25, -0.2) is 9.49 Å². The van der Waals surface area contributed by atoms with Gasteiger partial charge in [0, 0.05) is 50.2 Å². The summed E-state index contributed by atoms with van der Waals surface area (Å²) >= 11 is 0. The van der Waals surface area contributed by atoms with Crippen molar-refractivity contribution in [3.05, 3.63) is 75.5 Å². The van der Waals surface area contributed by atoms with Crippen LogP contribution in [0, 0.1) is 11.7 Å². The summed E-state index contributed by atoms with van der Waals surface area (Å²) in [6.07, 6.45) is 0.383. The van der Waals surface area contributed by atoms with Crippen molar-refractivity contribution in [1.29, 1.82) is 0 Å². The fraction of sp³-hybridized carbons (Fsp3) is 0.400. The highest BCUT2D eigenvalue weighted by Crippen LogP contribution is 2.25. The largest absolute Gasteiger partial charge is 0.336 e. The van der Waals surface area contributed by atoms with E-state index in [1.165, 1.54) is 6.07 Å². The molecule has 0 bridgehead atoms. The lowest BCUT2D eigenvalue weighted by atomic mass is 9.95. The molecule has 2 aromatic carbocycles. The number of halogens is 1. The van der Waals surface area contributed by atoms with Crippen LogP contribution >= 0.6 is 0 Å². The highest BCUT2D eigenvalue weighted by molar-refractivity contribution is 5.95. The zero-order valence-corrected chi connectivity index (χ0v) is 18.8. The monoisotopic (exact) mass is 449 g/mol. The Morgan fingerprint density at radius 1 is 1.18 bits per heavy atom. The van der Waals surface area contributed by atoms with Crippen molar-refractivity contribution < 1.29 is 9.18 Å². The summed E-state index contributed by atoms with van der Waals surface area (Å²) in [6.45, 7) is 7.14. The van der Waals surface area contributed by atoms with Crippen molar-refractivity contribution >= 4 is 16.7 Å². The number of piperazine rings is 1. The van der Waals surface area contributed by atoms with Gasteiger partial charge in [-0.1, -0.05) is 38.1 Å². The third-order valence-electron chi connectivity index (χ3n) is 6.89. The van der Waals surface area contributed by atoms with E-state index in [9.17, 15) is 14.0 Å². The van der Waals surface area contributed by atoms with E-state index in [1.54, 1.807) is 29.2 Å². The standard InChI is InChI=1S/C25H28FN5O2/c1-15(2)23-22-13-30(9-10-31(22)14-27-23)25(33)19-11-16(7-8-20(19)26)12-21-17-5-3-4-6-18(17)24(32)29-28-21/h3-8,11,15,22-23,27H,9-10,12-14H2,1-2H3,(H,29,32). The maximum absolute atomic E-state index is 14.8. The molecule has 2 aliphatic heterocycles. The Morgan fingerprint density at radius 3 is 2.76 bits per heavy atom. The molecule has 2 fully saturated rings. The first-order valence-corrected chi connectivity index (χ1v) is 11.4. The third-order valence-corrected chi connectivity index (χ3v) is 6.89. The first-order chi connectivity index (χ1) is 15.9. The van der Waals surface area contributed by atoms with Crippen molar-refractivity contribution in [3.8, 4) is 0 Å². The maximum Gasteiger partial charge on any atom is 0.272 e. The summed E-state index contributed by atoms with van der Waals surface area (Å²) in [5.74, 6) is -0.340. The molecule has 7 nitrogen and oxygen atoms in total. The Bertz CT molecular complexity index is 1260. The Hall–Kier alpha value is -3.10. The Balaban J connectivity index is 1.40. The Labute approximate surface area is 191 Å². The average molecular weight is 450 g/mol. The lowest BCUT2D eigenvalue weighted by molar-refractivity contribution is 0.0536. The lowest BCUT2D eigenvalue weighted by Crippen LogP contribution is -2.55. The number of aromatic amines is 1. The van der Waals surface area contributed by atoms with Gasteiger partial charge in [-0.3, -0.25) is 19.8 Å². The van der Waals surface area contributed by atoms with Crippen molar-refractivity contribution in [2.45, 2.75) is 32.4 Å². The fourth-order valence-corrected chi connectivity index (χ4v) is 5.12. The topological polar surface area (TPSA) is 81.3 Å². The highest BCUT2D eigenvalue weighted by atomic mass is 19.1. The van der Waals surface area contributed by atoms with Gasteiger partial charge in [0.1, 0.15) is 5.82 Å². The molecule has 0 spiro atoms. The summed E-state index contributed by atoms with van der Waals surface area (Å²) in [4.78, 5) is 29.5. The summed E-state index contributed by atoms with van der Waals surface area (Å²) in [5, 5.41) is 11.6. The van der Waals surface area contributed by atoms with Crippen molar-refractivity contribution in [3.63, 3.8) is 0 Å². The molecule has 5 rings (SSSR count). The van der Waals surface area contributed by atoms with Crippen LogP contribution in [0.4, 0.5) is 4.39 Å². The molecule has 2 atom stereocenters. The molecule has 3 heterocycles. The minimum absolute atomic E-state index is 0.0849. The number of fused-ring (bicyclic) bond motifs is 2. The molecule has 2 aliphatic rings. The van der Waals surface area contributed by atoms with Crippen LogP contribution in [0.5, 0.6) is 0 Å². The third kappa shape index (κ3) is 4.05. The van der Waals surface area contributed by atoms with E-state index in [4.69, 9.17) is 0 Å². The molecule has 2 saturated heterocycles. The molecule has 172 valence electrons. The van der Waals surface area contributed by atoms with Gasteiger partial charge in [0.15, 0.2) is 0 Å². The number of amides is 1. The number of H-pyrrole nitrogens is 1. The summed E-state index contributed by atoms with van der Waals surface area (Å²) in [6, 6.07) is 12.5. The smallest absolute Gasteiger partial charge is 0.272 e. The van der Waals surface area contributed by atoms with Gasteiger partial charge in [0.2, 0.25) is 0 Å². The number of rotatable bonds is 4. The molecule has 2 unspecified atom stereocenters. The first kappa shape index (κ1) is 21.7. The van der Waals surface area contributed by atoms with E-state index in [0.717, 1.165) is 24.2 Å². The van der Waals surface area contributed by atoms with E-state index in [2.05, 4.69) is 34.3 Å². The fourth-order valence-electron chi connectivity index (χ4n) is 5.12. The number of nitrogens with zero attached hydrogens (tertiary/aromatic N) is 3. The van der Waals surface area contributed by atoms with Crippen molar-refractivity contribution in [2.75, 3.05) is 26.3 Å². The summed E-state index contributed by atoms with van der Waals surface area (Å²) in [7, 11) is 0. The zero-order valence-electron chi connectivity index (χ0n) is 18.8. The van der Waals surface area contributed by atoms with Gasteiger partial charge in [-0.2, -0.15) is 5.10 Å². The number of hydrogen-bond acceptors (Lipinski definition) is 5. The van der Waals surface area contributed by atoms with Crippen molar-refractivity contribution in [1.82, 2.24) is 25.3 Å². The van der Waals surface area contributed by atoms with E-state index in [1.807, 2.05) is 12.1 Å². The quantitative estimate of drug-likeness (QED) is 0.639. The molecule has 0 saturated carbocycles. The minimum atomic E-state index is -0.518. The van der Waals surface area contributed by atoms with Crippen LogP contribution in [-0.4, -0.2) is 64.3 Å². The van der Waals surface area contributed by atoms with Gasteiger partial charge in [0.25, 0.3) is 11.5 Å². The number of aromatic nitrogens is 2. The predicted molar refractivity (Wildman–Crippen MR) is 125 cm³/mol. The lowest BCUT2D eigenvalue weighted by Gasteiger charge is -2.39. The number of carbonyl (C=O) groups is 1. The number of nitrogens with one attached hydrogen (secondary N) is 2. The SMILES string of the molecule is CC(C)C1NCN2CCN(C(=O)c3cc(Cc4n[nH]c(=O)c5ccccc45)ccc3F)CC12. The van der Waals surface area contributed by atoms with E-state index in [0.29, 0.717) is 42.6 Å². The molecular formula is C25H28FN5O2. The Morgan fingerprint density at radius 2 is 1.97 bits per heavy atom. The van der Waals surface area contributed by atoms with Crippen LogP contribution in [0.25, 0.3) is 10.8 Å². The predicted octanol–water partition coefficient (Wildman–Crippen LogP) is 2.36. The maximum atomic E-state index is 14.8. The Kier molecular flexibility index (Phi) is 5.72. The molecule has 2 N–H and O–H groups in total. The van der Waals surface area contributed by atoms with Crippen LogP contribution < -0.4 is 10.9 Å². The van der Waals surface area contributed by atoms with Crippen LogP contribution in [0.15, 0.2) is 47.3 Å². The highest BCUT2D eigenvalue weighted by Gasteiger charge is 2.40. The van der Waals surface area contributed by atoms with Gasteiger partial charge in [0.05, 0.1) is 16.6 Å². The second kappa shape index (κ2) is 8.68. The molecule has 1 aromatic heterocycles. The van der Waals surface area contributed by atoms with E-state index < -0.39 is 5.82 Å². The zero-order chi connectivity index (χ0) is 23.1. The second-order valence-electron chi connectivity index (χ2n) is 9.30. The normalized spacial score (nSPS) is 21.0. The van der Waals surface area contributed by atoms with Crippen LogP contribution in [0.3, 0.4) is 0 Å². The molecular weight excluding hydrogens is 421 g/mol. The minimum Gasteiger partial charge on any atom is -0.336 e. The molecule has 8 heteroatoms. The summed E-state index contributed by atoms with van der Waals surface area (Å²) < 4.78 is 14.8. The van der Waals surface area contributed by atoms with E-state index in [-0.39, 0.29) is 23.1 Å².